The number of fused-ring (bicyclic) bond motifs is 2. The molecule has 0 bridgehead atoms. The van der Waals surface area contributed by atoms with Gasteiger partial charge in [-0.15, -0.1) is 0 Å². The van der Waals surface area contributed by atoms with Gasteiger partial charge >= 0.3 is 24.5 Å². The summed E-state index contributed by atoms with van der Waals surface area (Å²) >= 11 is 0. The number of hydrogen-bond donors (Lipinski definition) is 2. The highest BCUT2D eigenvalue weighted by Gasteiger charge is 2.69. The average Bonchev–Trinajstić information content (AvgIpc) is 3.52. The van der Waals surface area contributed by atoms with Crippen molar-refractivity contribution < 1.29 is 63.8 Å². The molecule has 1 spiro atoms. The van der Waals surface area contributed by atoms with E-state index in [9.17, 15) is 53.9 Å². The summed E-state index contributed by atoms with van der Waals surface area (Å²) in [7, 11) is 0. The number of halogens is 9. The van der Waals surface area contributed by atoms with Gasteiger partial charge in [-0.2, -0.15) is 39.5 Å². The van der Waals surface area contributed by atoms with E-state index in [0.29, 0.717) is 23.1 Å². The fraction of sp³-hybridized carbons (Fsp3) is 0.353. The maximum absolute atomic E-state index is 14.3. The maximum Gasteiger partial charge on any atom is 0.490 e. The third-order valence-corrected chi connectivity index (χ3v) is 9.09. The van der Waals surface area contributed by atoms with Gasteiger partial charge in [-0.1, -0.05) is 54.6 Å². The Morgan fingerprint density at radius 1 is 0.745 bits per heavy atom. The Hall–Kier alpha value is -4.93. The first-order valence-corrected chi connectivity index (χ1v) is 15.3. The molecule has 3 aromatic rings. The molecule has 0 radical (unpaired) electrons. The van der Waals surface area contributed by atoms with Gasteiger partial charge < -0.3 is 10.0 Å². The molecule has 0 aliphatic carbocycles. The fourth-order valence-electron chi connectivity index (χ4n) is 6.79. The van der Waals surface area contributed by atoms with Crippen LogP contribution in [-0.2, 0) is 44.6 Å². The summed E-state index contributed by atoms with van der Waals surface area (Å²) in [4.78, 5) is 53.6. The van der Waals surface area contributed by atoms with Gasteiger partial charge in [0.25, 0.3) is 0 Å². The number of carboxylic acids is 1. The fourth-order valence-corrected chi connectivity index (χ4v) is 6.79. The lowest BCUT2D eigenvalue weighted by Crippen LogP contribution is -2.63. The van der Waals surface area contributed by atoms with E-state index in [2.05, 4.69) is 5.32 Å². The lowest BCUT2D eigenvalue weighted by Gasteiger charge is -2.42. The van der Waals surface area contributed by atoms with Crippen LogP contribution in [0.3, 0.4) is 0 Å². The van der Waals surface area contributed by atoms with E-state index >= 15 is 0 Å². The zero-order chi connectivity index (χ0) is 37.5. The van der Waals surface area contributed by atoms with E-state index in [1.807, 2.05) is 0 Å². The quantitative estimate of drug-likeness (QED) is 0.234. The number of rotatable bonds is 5. The van der Waals surface area contributed by atoms with E-state index in [0.717, 1.165) is 29.2 Å². The Bertz CT molecular complexity index is 1780. The van der Waals surface area contributed by atoms with Crippen molar-refractivity contribution in [2.24, 2.45) is 11.8 Å². The number of hydrogen-bond acceptors (Lipinski definition) is 5. The van der Waals surface area contributed by atoms with E-state index in [1.165, 1.54) is 29.2 Å². The summed E-state index contributed by atoms with van der Waals surface area (Å²) in [6.45, 7) is 0.241. The third-order valence-electron chi connectivity index (χ3n) is 9.09. The minimum Gasteiger partial charge on any atom is -0.475 e. The Morgan fingerprint density at radius 3 is 1.76 bits per heavy atom. The summed E-state index contributed by atoms with van der Waals surface area (Å²) in [6.07, 6.45) is -13.5. The van der Waals surface area contributed by atoms with Crippen molar-refractivity contribution in [1.82, 2.24) is 15.1 Å². The Balaban J connectivity index is 0.000000654. The summed E-state index contributed by atoms with van der Waals surface area (Å²) in [5, 5.41) is 10.4. The Labute approximate surface area is 283 Å². The SMILES string of the molecule is O=C(O)C(F)(F)F.O=C1[C@H]2[C@@H](c3ccc(C(F)(F)F)cc3)N[C@]3(CCCN(Cc4ccc(C(F)(F)F)cc4)C3=O)[C@H]2C(=O)N1Cc1ccccc1. The molecule has 0 aromatic heterocycles. The maximum atomic E-state index is 14.3. The zero-order valence-corrected chi connectivity index (χ0v) is 26.1. The third kappa shape index (κ3) is 7.57. The number of likely N-dealkylation sites (tertiary alicyclic amines) is 2. The number of nitrogens with one attached hydrogen (secondary N) is 1. The molecule has 6 rings (SSSR count). The van der Waals surface area contributed by atoms with Gasteiger partial charge in [0.1, 0.15) is 5.54 Å². The second-order valence-corrected chi connectivity index (χ2v) is 12.3. The van der Waals surface area contributed by atoms with Gasteiger partial charge in [-0.3, -0.25) is 24.6 Å². The summed E-state index contributed by atoms with van der Waals surface area (Å²) in [5.41, 5.74) is -1.74. The summed E-state index contributed by atoms with van der Waals surface area (Å²) < 4.78 is 111. The Morgan fingerprint density at radius 2 is 1.25 bits per heavy atom. The van der Waals surface area contributed by atoms with E-state index < -0.39 is 76.8 Å². The molecule has 3 saturated heterocycles. The minimum absolute atomic E-state index is 0.0153. The van der Waals surface area contributed by atoms with E-state index in [1.54, 1.807) is 30.3 Å². The smallest absolute Gasteiger partial charge is 0.475 e. The second-order valence-electron chi connectivity index (χ2n) is 12.3. The number of carbonyl (C=O) groups excluding carboxylic acids is 3. The Kier molecular flexibility index (Phi) is 9.99. The molecule has 2 N–H and O–H groups in total. The van der Waals surface area contributed by atoms with Gasteiger partial charge in [-0.05, 0) is 53.8 Å². The van der Waals surface area contributed by atoms with Crippen molar-refractivity contribution in [2.45, 2.75) is 56.0 Å². The molecule has 3 aliphatic rings. The van der Waals surface area contributed by atoms with Crippen LogP contribution in [0, 0.1) is 11.8 Å². The van der Waals surface area contributed by atoms with Crippen molar-refractivity contribution in [3.05, 3.63) is 107 Å². The standard InChI is InChI=1S/C32H27F6N3O3.C2HF3O2/c33-31(34,35)22-11-7-20(8-12-22)17-40-16-4-15-30(29(40)44)25-24(26(39-30)21-9-13-23(14-10-21)32(36,37)38)27(42)41(28(25)43)18-19-5-2-1-3-6-19;3-2(4,5)1(6)7/h1-3,5-14,24-26,39H,4,15-18H2;(H,6,7)/t24-,25-,26-,30-;/m1./s1. The molecule has 4 atom stereocenters. The van der Waals surface area contributed by atoms with Gasteiger partial charge in [0.2, 0.25) is 17.7 Å². The highest BCUT2D eigenvalue weighted by Crippen LogP contribution is 2.52. The molecule has 0 unspecified atom stereocenters. The van der Waals surface area contributed by atoms with Gasteiger partial charge in [-0.25, -0.2) is 4.79 Å². The van der Waals surface area contributed by atoms with Crippen LogP contribution in [0.2, 0.25) is 0 Å². The first-order chi connectivity index (χ1) is 23.7. The van der Waals surface area contributed by atoms with Crippen molar-refractivity contribution in [3.8, 4) is 0 Å². The number of imide groups is 1. The van der Waals surface area contributed by atoms with Crippen LogP contribution >= 0.6 is 0 Å². The molecule has 3 heterocycles. The monoisotopic (exact) mass is 729 g/mol. The van der Waals surface area contributed by atoms with E-state index in [4.69, 9.17) is 9.90 Å². The number of nitrogens with zero attached hydrogens (tertiary/aromatic N) is 2. The number of carboxylic acid groups (broad SMARTS) is 1. The van der Waals surface area contributed by atoms with Crippen molar-refractivity contribution >= 4 is 23.7 Å². The largest absolute Gasteiger partial charge is 0.490 e. The highest BCUT2D eigenvalue weighted by molar-refractivity contribution is 6.10. The van der Waals surface area contributed by atoms with Gasteiger partial charge in [0.05, 0.1) is 29.5 Å². The van der Waals surface area contributed by atoms with Crippen LogP contribution in [0.5, 0.6) is 0 Å². The molecule has 17 heteroatoms. The van der Waals surface area contributed by atoms with Crippen LogP contribution < -0.4 is 5.32 Å². The molecule has 0 saturated carbocycles. The number of benzene rings is 3. The lowest BCUT2D eigenvalue weighted by atomic mass is 9.74. The number of aliphatic carboxylic acids is 1. The normalized spacial score (nSPS) is 23.7. The van der Waals surface area contributed by atoms with Crippen LogP contribution in [0.4, 0.5) is 39.5 Å². The predicted octanol–water partition coefficient (Wildman–Crippen LogP) is 6.36. The van der Waals surface area contributed by atoms with Crippen molar-refractivity contribution in [3.63, 3.8) is 0 Å². The van der Waals surface area contributed by atoms with E-state index in [-0.39, 0.29) is 26.1 Å². The molecule has 51 heavy (non-hydrogen) atoms. The van der Waals surface area contributed by atoms with Crippen molar-refractivity contribution in [2.75, 3.05) is 6.54 Å². The van der Waals surface area contributed by atoms with Crippen LogP contribution in [-0.4, -0.2) is 56.9 Å². The molecular formula is C34H28F9N3O5. The zero-order valence-electron chi connectivity index (χ0n) is 26.1. The number of amides is 3. The first kappa shape index (κ1) is 37.3. The molecule has 3 fully saturated rings. The summed E-state index contributed by atoms with van der Waals surface area (Å²) in [5.74, 6) is -6.46. The first-order valence-electron chi connectivity index (χ1n) is 15.3. The highest BCUT2D eigenvalue weighted by atomic mass is 19.4. The lowest BCUT2D eigenvalue weighted by molar-refractivity contribution is -0.192. The van der Waals surface area contributed by atoms with Crippen LogP contribution in [0.15, 0.2) is 78.9 Å². The molecule has 3 aliphatic heterocycles. The molecular weight excluding hydrogens is 701 g/mol. The topological polar surface area (TPSA) is 107 Å². The number of carbonyl (C=O) groups is 4. The molecule has 3 amide bonds. The number of piperidine rings is 1. The van der Waals surface area contributed by atoms with Crippen LogP contribution in [0.25, 0.3) is 0 Å². The average molecular weight is 730 g/mol. The predicted molar refractivity (Wildman–Crippen MR) is 159 cm³/mol. The molecule has 8 nitrogen and oxygen atoms in total. The van der Waals surface area contributed by atoms with Crippen molar-refractivity contribution in [1.29, 1.82) is 0 Å². The van der Waals surface area contributed by atoms with Gasteiger partial charge in [0, 0.05) is 19.1 Å². The van der Waals surface area contributed by atoms with Crippen LogP contribution in [0.1, 0.15) is 46.7 Å². The summed E-state index contributed by atoms with van der Waals surface area (Å²) in [6, 6.07) is 16.7. The van der Waals surface area contributed by atoms with Gasteiger partial charge in [0.15, 0.2) is 0 Å². The molecule has 3 aromatic carbocycles. The number of alkyl halides is 9. The second kappa shape index (κ2) is 13.7. The molecule has 272 valence electrons. The minimum atomic E-state index is -5.08.